The summed E-state index contributed by atoms with van der Waals surface area (Å²) >= 11 is 0. The Morgan fingerprint density at radius 1 is 1.16 bits per heavy atom. The highest BCUT2D eigenvalue weighted by Crippen LogP contribution is 2.33. The lowest BCUT2D eigenvalue weighted by molar-refractivity contribution is 0.412. The standard InChI is InChI=1S/C19H16N4O2/c24-18-15-5-7-20-10-16(15)21-19(22-18)25-14-3-4-17-13(9-14)6-8-23(17)11-12-1-2-12/h3-10,12H,1-2,11H2,(H,21,22,24). The number of ether oxygens (including phenoxy) is 1. The molecule has 0 aliphatic heterocycles. The third-order valence-corrected chi connectivity index (χ3v) is 4.56. The van der Waals surface area contributed by atoms with Gasteiger partial charge < -0.3 is 14.4 Å². The highest BCUT2D eigenvalue weighted by atomic mass is 16.5. The fraction of sp³-hybridized carbons (Fsp3) is 0.211. The number of rotatable bonds is 4. The van der Waals surface area contributed by atoms with Gasteiger partial charge in [0.05, 0.1) is 17.1 Å². The summed E-state index contributed by atoms with van der Waals surface area (Å²) in [6, 6.07) is 9.78. The van der Waals surface area contributed by atoms with E-state index in [1.807, 2.05) is 12.1 Å². The summed E-state index contributed by atoms with van der Waals surface area (Å²) < 4.78 is 8.05. The molecule has 0 bridgehead atoms. The predicted molar refractivity (Wildman–Crippen MR) is 93.7 cm³/mol. The molecule has 0 spiro atoms. The molecule has 6 nitrogen and oxygen atoms in total. The SMILES string of the molecule is Oc1nc(Oc2ccc3c(ccn3CC3CC3)c2)nc2cnccc12. The largest absolute Gasteiger partial charge is 0.493 e. The molecule has 0 unspecified atom stereocenters. The summed E-state index contributed by atoms with van der Waals surface area (Å²) in [6.07, 6.45) is 7.95. The van der Waals surface area contributed by atoms with Crippen molar-refractivity contribution >= 4 is 21.8 Å². The van der Waals surface area contributed by atoms with E-state index in [0.29, 0.717) is 16.7 Å². The van der Waals surface area contributed by atoms with Gasteiger partial charge in [-0.05, 0) is 49.1 Å². The molecule has 4 aromatic rings. The van der Waals surface area contributed by atoms with Crippen LogP contribution in [0.25, 0.3) is 21.8 Å². The minimum Gasteiger partial charge on any atom is -0.493 e. The van der Waals surface area contributed by atoms with Gasteiger partial charge in [-0.2, -0.15) is 9.97 Å². The van der Waals surface area contributed by atoms with Crippen LogP contribution in [0.15, 0.2) is 48.9 Å². The molecule has 124 valence electrons. The Kier molecular flexibility index (Phi) is 3.09. The summed E-state index contributed by atoms with van der Waals surface area (Å²) in [5.74, 6) is 1.35. The van der Waals surface area contributed by atoms with E-state index in [4.69, 9.17) is 4.74 Å². The zero-order valence-corrected chi connectivity index (χ0v) is 13.5. The number of nitrogens with zero attached hydrogens (tertiary/aromatic N) is 4. The topological polar surface area (TPSA) is 73.1 Å². The lowest BCUT2D eigenvalue weighted by Gasteiger charge is -2.07. The van der Waals surface area contributed by atoms with Gasteiger partial charge in [0.2, 0.25) is 5.88 Å². The molecule has 1 saturated carbocycles. The van der Waals surface area contributed by atoms with Gasteiger partial charge in [0.1, 0.15) is 5.75 Å². The minimum atomic E-state index is -0.112. The van der Waals surface area contributed by atoms with E-state index in [1.54, 1.807) is 18.5 Å². The molecule has 1 N–H and O–H groups in total. The zero-order valence-electron chi connectivity index (χ0n) is 13.5. The number of benzene rings is 1. The lowest BCUT2D eigenvalue weighted by atomic mass is 10.2. The third kappa shape index (κ3) is 2.65. The molecular formula is C19H16N4O2. The molecule has 0 radical (unpaired) electrons. The maximum Gasteiger partial charge on any atom is 0.325 e. The second-order valence-corrected chi connectivity index (χ2v) is 6.46. The fourth-order valence-electron chi connectivity index (χ4n) is 3.07. The van der Waals surface area contributed by atoms with Gasteiger partial charge in [-0.1, -0.05) is 0 Å². The molecule has 0 amide bonds. The normalized spacial score (nSPS) is 14.2. The molecule has 3 heterocycles. The Morgan fingerprint density at radius 3 is 2.96 bits per heavy atom. The number of pyridine rings is 1. The monoisotopic (exact) mass is 332 g/mol. The van der Waals surface area contributed by atoms with Crippen LogP contribution in [0.3, 0.4) is 0 Å². The molecule has 1 aliphatic rings. The van der Waals surface area contributed by atoms with Crippen molar-refractivity contribution in [2.45, 2.75) is 19.4 Å². The van der Waals surface area contributed by atoms with Crippen molar-refractivity contribution in [3.8, 4) is 17.6 Å². The lowest BCUT2D eigenvalue weighted by Crippen LogP contribution is -1.97. The van der Waals surface area contributed by atoms with Crippen LogP contribution in [0, 0.1) is 5.92 Å². The summed E-state index contributed by atoms with van der Waals surface area (Å²) in [6.45, 7) is 1.08. The molecule has 1 aromatic carbocycles. The second kappa shape index (κ2) is 5.44. The molecule has 0 atom stereocenters. The van der Waals surface area contributed by atoms with Crippen molar-refractivity contribution in [1.82, 2.24) is 19.5 Å². The fourth-order valence-corrected chi connectivity index (χ4v) is 3.07. The minimum absolute atomic E-state index is 0.106. The van der Waals surface area contributed by atoms with E-state index in [0.717, 1.165) is 17.8 Å². The molecule has 5 rings (SSSR count). The molecule has 0 saturated heterocycles. The van der Waals surface area contributed by atoms with Crippen LogP contribution < -0.4 is 4.74 Å². The van der Waals surface area contributed by atoms with Crippen LogP contribution in [0.2, 0.25) is 0 Å². The number of aromatic nitrogens is 4. The Morgan fingerprint density at radius 2 is 2.08 bits per heavy atom. The predicted octanol–water partition coefficient (Wildman–Crippen LogP) is 3.89. The first kappa shape index (κ1) is 14.2. The van der Waals surface area contributed by atoms with Gasteiger partial charge in [0, 0.05) is 29.8 Å². The molecule has 6 heteroatoms. The number of aromatic hydroxyl groups is 1. The summed E-state index contributed by atoms with van der Waals surface area (Å²) in [5, 5.41) is 11.7. The Balaban J connectivity index is 1.47. The first-order chi connectivity index (χ1) is 12.3. The van der Waals surface area contributed by atoms with Crippen LogP contribution >= 0.6 is 0 Å². The molecule has 3 aromatic heterocycles. The van der Waals surface area contributed by atoms with Crippen molar-refractivity contribution in [3.05, 3.63) is 48.9 Å². The van der Waals surface area contributed by atoms with Gasteiger partial charge in [-0.3, -0.25) is 4.98 Å². The van der Waals surface area contributed by atoms with E-state index in [9.17, 15) is 5.11 Å². The van der Waals surface area contributed by atoms with Gasteiger partial charge >= 0.3 is 6.01 Å². The number of hydrogen-bond acceptors (Lipinski definition) is 5. The third-order valence-electron chi connectivity index (χ3n) is 4.56. The van der Waals surface area contributed by atoms with Crippen LogP contribution in [0.5, 0.6) is 17.6 Å². The van der Waals surface area contributed by atoms with Crippen LogP contribution in [0.4, 0.5) is 0 Å². The van der Waals surface area contributed by atoms with Crippen molar-refractivity contribution in [1.29, 1.82) is 0 Å². The Labute approximate surface area is 143 Å². The van der Waals surface area contributed by atoms with Crippen LogP contribution in [0.1, 0.15) is 12.8 Å². The van der Waals surface area contributed by atoms with Crippen molar-refractivity contribution in [2.75, 3.05) is 0 Å². The van der Waals surface area contributed by atoms with Gasteiger partial charge in [-0.15, -0.1) is 0 Å². The molecular weight excluding hydrogens is 316 g/mol. The second-order valence-electron chi connectivity index (χ2n) is 6.46. The van der Waals surface area contributed by atoms with Gasteiger partial charge in [-0.25, -0.2) is 0 Å². The first-order valence-electron chi connectivity index (χ1n) is 8.34. The highest BCUT2D eigenvalue weighted by Gasteiger charge is 2.22. The van der Waals surface area contributed by atoms with Gasteiger partial charge in [0.15, 0.2) is 0 Å². The van der Waals surface area contributed by atoms with Crippen LogP contribution in [-0.4, -0.2) is 24.6 Å². The maximum atomic E-state index is 10.0. The summed E-state index contributed by atoms with van der Waals surface area (Å²) in [7, 11) is 0. The van der Waals surface area contributed by atoms with Crippen molar-refractivity contribution in [2.24, 2.45) is 5.92 Å². The molecule has 1 aliphatic carbocycles. The average Bonchev–Trinajstić information content (AvgIpc) is 3.35. The maximum absolute atomic E-state index is 10.0. The Hall–Kier alpha value is -3.15. The van der Waals surface area contributed by atoms with E-state index < -0.39 is 0 Å². The average molecular weight is 332 g/mol. The van der Waals surface area contributed by atoms with E-state index >= 15 is 0 Å². The summed E-state index contributed by atoms with van der Waals surface area (Å²) in [4.78, 5) is 12.3. The van der Waals surface area contributed by atoms with Crippen molar-refractivity contribution < 1.29 is 9.84 Å². The number of fused-ring (bicyclic) bond motifs is 2. The van der Waals surface area contributed by atoms with E-state index in [1.165, 1.54) is 18.4 Å². The number of hydrogen-bond donors (Lipinski definition) is 1. The van der Waals surface area contributed by atoms with E-state index in [2.05, 4.69) is 37.8 Å². The quantitative estimate of drug-likeness (QED) is 0.614. The smallest absolute Gasteiger partial charge is 0.325 e. The molecule has 25 heavy (non-hydrogen) atoms. The van der Waals surface area contributed by atoms with Crippen molar-refractivity contribution in [3.63, 3.8) is 0 Å². The zero-order chi connectivity index (χ0) is 16.8. The van der Waals surface area contributed by atoms with Crippen LogP contribution in [-0.2, 0) is 6.54 Å². The molecule has 1 fully saturated rings. The highest BCUT2D eigenvalue weighted by molar-refractivity contribution is 5.83. The van der Waals surface area contributed by atoms with Gasteiger partial charge in [0.25, 0.3) is 0 Å². The first-order valence-corrected chi connectivity index (χ1v) is 8.34. The summed E-state index contributed by atoms with van der Waals surface area (Å²) in [5.41, 5.74) is 1.74. The Bertz CT molecular complexity index is 1090. The van der Waals surface area contributed by atoms with E-state index in [-0.39, 0.29) is 11.9 Å².